The summed E-state index contributed by atoms with van der Waals surface area (Å²) >= 11 is 0. The van der Waals surface area contributed by atoms with E-state index in [0.717, 1.165) is 0 Å². The summed E-state index contributed by atoms with van der Waals surface area (Å²) in [6.07, 6.45) is 1.73. The average Bonchev–Trinajstić information content (AvgIpc) is 3.19. The number of hydrogen-bond donors (Lipinski definition) is 0. The van der Waals surface area contributed by atoms with Crippen molar-refractivity contribution in [2.24, 2.45) is 0 Å². The molecule has 0 unspecified atom stereocenters. The molecular weight excluding hydrogens is 236 g/mol. The van der Waals surface area contributed by atoms with Crippen LogP contribution >= 0.6 is 0 Å². The third kappa shape index (κ3) is 1.98. The van der Waals surface area contributed by atoms with Crippen LogP contribution in [0, 0.1) is 10.1 Å². The van der Waals surface area contributed by atoms with E-state index >= 15 is 0 Å². The van der Waals surface area contributed by atoms with E-state index in [1.54, 1.807) is 24.4 Å². The topological polar surface area (TPSA) is 77.8 Å². The van der Waals surface area contributed by atoms with E-state index < -0.39 is 4.92 Å². The molecule has 1 saturated heterocycles. The molecule has 1 aromatic carbocycles. The maximum atomic E-state index is 10.9. The molecule has 6 heteroatoms. The normalized spacial score (nSPS) is 17.7. The van der Waals surface area contributed by atoms with Gasteiger partial charge in [0.2, 0.25) is 0 Å². The van der Waals surface area contributed by atoms with Gasteiger partial charge >= 0.3 is 0 Å². The van der Waals surface area contributed by atoms with Gasteiger partial charge in [-0.1, -0.05) is 0 Å². The van der Waals surface area contributed by atoms with Crippen molar-refractivity contribution < 1.29 is 14.4 Å². The number of nitrogens with zero attached hydrogens (tertiary/aromatic N) is 2. The third-order valence-corrected chi connectivity index (χ3v) is 2.73. The molecule has 1 atom stereocenters. The molecule has 0 bridgehead atoms. The Hall–Kier alpha value is -2.21. The zero-order valence-corrected chi connectivity index (χ0v) is 9.41. The maximum Gasteiger partial charge on any atom is 0.279 e. The van der Waals surface area contributed by atoms with Crippen LogP contribution in [0.1, 0.15) is 0 Å². The molecule has 0 spiro atoms. The van der Waals surface area contributed by atoms with Gasteiger partial charge in [-0.25, -0.2) is 0 Å². The number of pyridine rings is 1. The van der Waals surface area contributed by atoms with Crippen LogP contribution in [0.2, 0.25) is 0 Å². The van der Waals surface area contributed by atoms with Gasteiger partial charge in [0.05, 0.1) is 16.9 Å². The molecular formula is C12H10N2O4. The SMILES string of the molecule is O=[N+]([O-])c1ccc(OC[C@@H]2CO2)c2ncccc12. The van der Waals surface area contributed by atoms with Crippen LogP contribution in [0.15, 0.2) is 30.5 Å². The van der Waals surface area contributed by atoms with Crippen LogP contribution in [-0.2, 0) is 4.74 Å². The Balaban J connectivity index is 2.04. The molecule has 1 aromatic heterocycles. The van der Waals surface area contributed by atoms with Crippen molar-refractivity contribution in [1.82, 2.24) is 4.98 Å². The summed E-state index contributed by atoms with van der Waals surface area (Å²) in [6, 6.07) is 6.35. The molecule has 6 nitrogen and oxygen atoms in total. The molecule has 2 heterocycles. The Morgan fingerprint density at radius 2 is 2.33 bits per heavy atom. The van der Waals surface area contributed by atoms with E-state index in [2.05, 4.69) is 4.98 Å². The fourth-order valence-corrected chi connectivity index (χ4v) is 1.75. The highest BCUT2D eigenvalue weighted by molar-refractivity contribution is 5.92. The summed E-state index contributed by atoms with van der Waals surface area (Å²) in [5, 5.41) is 11.4. The monoisotopic (exact) mass is 246 g/mol. The van der Waals surface area contributed by atoms with Crippen molar-refractivity contribution >= 4 is 16.6 Å². The molecule has 1 aliphatic rings. The zero-order chi connectivity index (χ0) is 12.5. The summed E-state index contributed by atoms with van der Waals surface area (Å²) in [5.74, 6) is 0.548. The van der Waals surface area contributed by atoms with E-state index in [0.29, 0.717) is 29.9 Å². The summed E-state index contributed by atoms with van der Waals surface area (Å²) in [6.45, 7) is 1.15. The molecule has 3 rings (SSSR count). The number of ether oxygens (including phenoxy) is 2. The first-order valence-electron chi connectivity index (χ1n) is 5.52. The highest BCUT2D eigenvalue weighted by atomic mass is 16.6. The molecule has 0 amide bonds. The van der Waals surface area contributed by atoms with Crippen LogP contribution in [0.3, 0.4) is 0 Å². The average molecular weight is 246 g/mol. The largest absolute Gasteiger partial charge is 0.488 e. The lowest BCUT2D eigenvalue weighted by atomic mass is 10.1. The smallest absolute Gasteiger partial charge is 0.279 e. The number of aromatic nitrogens is 1. The second kappa shape index (κ2) is 4.23. The summed E-state index contributed by atoms with van der Waals surface area (Å²) < 4.78 is 10.6. The first-order valence-corrected chi connectivity index (χ1v) is 5.52. The highest BCUT2D eigenvalue weighted by Crippen LogP contribution is 2.31. The van der Waals surface area contributed by atoms with Crippen molar-refractivity contribution in [3.05, 3.63) is 40.6 Å². The van der Waals surface area contributed by atoms with Crippen molar-refractivity contribution in [3.63, 3.8) is 0 Å². The molecule has 0 saturated carbocycles. The van der Waals surface area contributed by atoms with Crippen LogP contribution in [0.4, 0.5) is 5.69 Å². The van der Waals surface area contributed by atoms with Gasteiger partial charge in [0.1, 0.15) is 24.0 Å². The van der Waals surface area contributed by atoms with E-state index in [4.69, 9.17) is 9.47 Å². The van der Waals surface area contributed by atoms with Crippen molar-refractivity contribution in [2.45, 2.75) is 6.10 Å². The molecule has 0 N–H and O–H groups in total. The fourth-order valence-electron chi connectivity index (χ4n) is 1.75. The van der Waals surface area contributed by atoms with Gasteiger partial charge in [-0.05, 0) is 18.2 Å². The lowest BCUT2D eigenvalue weighted by Gasteiger charge is -2.07. The third-order valence-electron chi connectivity index (χ3n) is 2.73. The van der Waals surface area contributed by atoms with Crippen LogP contribution in [0.25, 0.3) is 10.9 Å². The van der Waals surface area contributed by atoms with Crippen LogP contribution in [-0.4, -0.2) is 29.2 Å². The second-order valence-corrected chi connectivity index (χ2v) is 4.01. The number of nitro groups is 1. The predicted octanol–water partition coefficient (Wildman–Crippen LogP) is 1.92. The van der Waals surface area contributed by atoms with Crippen LogP contribution < -0.4 is 4.74 Å². The minimum absolute atomic E-state index is 0.0353. The van der Waals surface area contributed by atoms with Gasteiger partial charge in [-0.15, -0.1) is 0 Å². The first-order chi connectivity index (χ1) is 8.75. The molecule has 1 aliphatic heterocycles. The molecule has 0 aliphatic carbocycles. The number of hydrogen-bond acceptors (Lipinski definition) is 5. The minimum Gasteiger partial charge on any atom is -0.488 e. The number of fused-ring (bicyclic) bond motifs is 1. The van der Waals surface area contributed by atoms with E-state index in [-0.39, 0.29) is 11.8 Å². The van der Waals surface area contributed by atoms with Gasteiger partial charge in [-0.3, -0.25) is 15.1 Å². The molecule has 18 heavy (non-hydrogen) atoms. The van der Waals surface area contributed by atoms with Gasteiger partial charge in [-0.2, -0.15) is 0 Å². The minimum atomic E-state index is -0.419. The van der Waals surface area contributed by atoms with Gasteiger partial charge in [0, 0.05) is 12.3 Å². The van der Waals surface area contributed by atoms with E-state index in [1.165, 1.54) is 6.07 Å². The summed E-state index contributed by atoms with van der Waals surface area (Å²) in [4.78, 5) is 14.7. The fraction of sp³-hybridized carbons (Fsp3) is 0.250. The quantitative estimate of drug-likeness (QED) is 0.468. The predicted molar refractivity (Wildman–Crippen MR) is 63.6 cm³/mol. The van der Waals surface area contributed by atoms with Crippen molar-refractivity contribution in [3.8, 4) is 5.75 Å². The maximum absolute atomic E-state index is 10.9. The summed E-state index contributed by atoms with van der Waals surface area (Å²) in [7, 11) is 0. The zero-order valence-electron chi connectivity index (χ0n) is 9.41. The Kier molecular flexibility index (Phi) is 2.56. The van der Waals surface area contributed by atoms with E-state index in [1.807, 2.05) is 0 Å². The second-order valence-electron chi connectivity index (χ2n) is 4.01. The standard InChI is InChI=1S/C12H10N2O4/c15-14(16)10-3-4-11(18-7-8-6-17-8)12-9(10)2-1-5-13-12/h1-5,8H,6-7H2/t8-/m0/s1. The van der Waals surface area contributed by atoms with E-state index in [9.17, 15) is 10.1 Å². The first kappa shape index (κ1) is 10.9. The molecule has 92 valence electrons. The summed E-state index contributed by atoms with van der Waals surface area (Å²) in [5.41, 5.74) is 0.542. The van der Waals surface area contributed by atoms with Gasteiger partial charge in [0.25, 0.3) is 5.69 Å². The lowest BCUT2D eigenvalue weighted by Crippen LogP contribution is -2.05. The number of epoxide rings is 1. The highest BCUT2D eigenvalue weighted by Gasteiger charge is 2.24. The molecule has 2 aromatic rings. The van der Waals surface area contributed by atoms with Gasteiger partial charge in [0.15, 0.2) is 0 Å². The Labute approximate surface area is 102 Å². The number of nitro benzene ring substituents is 1. The lowest BCUT2D eigenvalue weighted by molar-refractivity contribution is -0.383. The van der Waals surface area contributed by atoms with Gasteiger partial charge < -0.3 is 9.47 Å². The molecule has 1 fully saturated rings. The Bertz CT molecular complexity index is 610. The number of non-ortho nitro benzene ring substituents is 1. The Morgan fingerprint density at radius 1 is 1.50 bits per heavy atom. The number of rotatable bonds is 4. The van der Waals surface area contributed by atoms with Crippen molar-refractivity contribution in [1.29, 1.82) is 0 Å². The van der Waals surface area contributed by atoms with Crippen LogP contribution in [0.5, 0.6) is 5.75 Å². The van der Waals surface area contributed by atoms with Crippen molar-refractivity contribution in [2.75, 3.05) is 13.2 Å². The molecule has 0 radical (unpaired) electrons. The Morgan fingerprint density at radius 3 is 3.06 bits per heavy atom. The number of benzene rings is 1.